The molecule has 2 aromatic rings. The molecule has 0 saturated carbocycles. The molecule has 110 valence electrons. The lowest BCUT2D eigenvalue weighted by Crippen LogP contribution is -2.29. The Kier molecular flexibility index (Phi) is 4.60. The van der Waals surface area contributed by atoms with Crippen LogP contribution in [0.25, 0.3) is 11.1 Å². The van der Waals surface area contributed by atoms with Crippen molar-refractivity contribution >= 4 is 5.78 Å². The normalized spacial score (nSPS) is 10.8. The molecule has 3 N–H and O–H groups in total. The van der Waals surface area contributed by atoms with Crippen molar-refractivity contribution in [3.8, 4) is 22.6 Å². The van der Waals surface area contributed by atoms with Crippen molar-refractivity contribution < 1.29 is 15.0 Å². The summed E-state index contributed by atoms with van der Waals surface area (Å²) in [6.45, 7) is 4.10. The molecule has 0 aliphatic carbocycles. The summed E-state index contributed by atoms with van der Waals surface area (Å²) in [6.07, 6.45) is 0. The molecule has 0 unspecified atom stereocenters. The van der Waals surface area contributed by atoms with Crippen molar-refractivity contribution in [2.75, 3.05) is 6.54 Å². The Morgan fingerprint density at radius 2 is 1.76 bits per heavy atom. The molecule has 0 bridgehead atoms. The van der Waals surface area contributed by atoms with Gasteiger partial charge in [0.05, 0.1) is 6.54 Å². The van der Waals surface area contributed by atoms with E-state index in [2.05, 4.69) is 5.32 Å². The average Bonchev–Trinajstić information content (AvgIpc) is 2.48. The first-order valence-electron chi connectivity index (χ1n) is 6.87. The summed E-state index contributed by atoms with van der Waals surface area (Å²) in [5.41, 5.74) is 1.45. The van der Waals surface area contributed by atoms with Crippen LogP contribution in [0.1, 0.15) is 24.2 Å². The average molecular weight is 285 g/mol. The number of carbonyl (C=O) groups excluding carboxylic acids is 1. The highest BCUT2D eigenvalue weighted by Crippen LogP contribution is 2.39. The van der Waals surface area contributed by atoms with E-state index >= 15 is 0 Å². The van der Waals surface area contributed by atoms with Gasteiger partial charge in [-0.25, -0.2) is 0 Å². The van der Waals surface area contributed by atoms with Gasteiger partial charge < -0.3 is 15.5 Å². The Hall–Kier alpha value is -2.33. The van der Waals surface area contributed by atoms with Gasteiger partial charge in [0.1, 0.15) is 0 Å². The third-order valence-corrected chi connectivity index (χ3v) is 3.19. The minimum Gasteiger partial charge on any atom is -0.504 e. The lowest BCUT2D eigenvalue weighted by atomic mass is 9.95. The monoisotopic (exact) mass is 285 g/mol. The molecule has 0 radical (unpaired) electrons. The zero-order valence-corrected chi connectivity index (χ0v) is 12.1. The molecular weight excluding hydrogens is 266 g/mol. The van der Waals surface area contributed by atoms with Gasteiger partial charge >= 0.3 is 0 Å². The smallest absolute Gasteiger partial charge is 0.177 e. The van der Waals surface area contributed by atoms with E-state index in [0.29, 0.717) is 16.7 Å². The molecule has 0 saturated heterocycles. The molecule has 0 aromatic heterocycles. The number of carbonyl (C=O) groups is 1. The second-order valence-corrected chi connectivity index (χ2v) is 5.18. The van der Waals surface area contributed by atoms with Crippen LogP contribution < -0.4 is 5.32 Å². The van der Waals surface area contributed by atoms with Gasteiger partial charge in [-0.15, -0.1) is 0 Å². The highest BCUT2D eigenvalue weighted by Gasteiger charge is 2.19. The fourth-order valence-corrected chi connectivity index (χ4v) is 2.10. The highest BCUT2D eigenvalue weighted by atomic mass is 16.3. The van der Waals surface area contributed by atoms with Gasteiger partial charge in [0, 0.05) is 17.2 Å². The second-order valence-electron chi connectivity index (χ2n) is 5.18. The van der Waals surface area contributed by atoms with E-state index in [1.54, 1.807) is 18.2 Å². The van der Waals surface area contributed by atoms with E-state index in [1.165, 1.54) is 6.07 Å². The van der Waals surface area contributed by atoms with E-state index in [4.69, 9.17) is 0 Å². The molecule has 0 heterocycles. The minimum atomic E-state index is -0.267. The third kappa shape index (κ3) is 3.41. The number of phenolic OH excluding ortho intramolecular Hbond substituents is 2. The maximum atomic E-state index is 12.4. The Labute approximate surface area is 124 Å². The van der Waals surface area contributed by atoms with Crippen molar-refractivity contribution in [3.05, 3.63) is 48.0 Å². The maximum absolute atomic E-state index is 12.4. The van der Waals surface area contributed by atoms with Crippen molar-refractivity contribution in [2.24, 2.45) is 0 Å². The van der Waals surface area contributed by atoms with E-state index in [0.717, 1.165) is 0 Å². The third-order valence-electron chi connectivity index (χ3n) is 3.19. The van der Waals surface area contributed by atoms with Crippen LogP contribution >= 0.6 is 0 Å². The molecule has 4 heteroatoms. The number of benzene rings is 2. The number of Topliss-reactive ketones (excluding diaryl/α,β-unsaturated/α-hetero) is 1. The molecule has 4 nitrogen and oxygen atoms in total. The number of hydrogen-bond donors (Lipinski definition) is 3. The Bertz CT molecular complexity index is 636. The summed E-state index contributed by atoms with van der Waals surface area (Å²) in [6, 6.07) is 12.2. The van der Waals surface area contributed by atoms with E-state index < -0.39 is 0 Å². The van der Waals surface area contributed by atoms with Crippen LogP contribution in [0.15, 0.2) is 42.5 Å². The lowest BCUT2D eigenvalue weighted by Gasteiger charge is -2.13. The SMILES string of the molecule is CC(C)NCC(=O)c1ccc(O)c(O)c1-c1ccccc1. The molecule has 0 amide bonds. The fourth-order valence-electron chi connectivity index (χ4n) is 2.10. The molecule has 0 spiro atoms. The van der Waals surface area contributed by atoms with E-state index in [1.807, 2.05) is 32.0 Å². The lowest BCUT2D eigenvalue weighted by molar-refractivity contribution is 0.0988. The predicted molar refractivity (Wildman–Crippen MR) is 82.7 cm³/mol. The zero-order chi connectivity index (χ0) is 15.4. The van der Waals surface area contributed by atoms with Crippen LogP contribution in [0, 0.1) is 0 Å². The predicted octanol–water partition coefficient (Wildman–Crippen LogP) is 2.95. The molecule has 0 aliphatic rings. The Morgan fingerprint density at radius 1 is 1.10 bits per heavy atom. The van der Waals surface area contributed by atoms with Gasteiger partial charge in [-0.3, -0.25) is 4.79 Å². The summed E-state index contributed by atoms with van der Waals surface area (Å²) >= 11 is 0. The molecular formula is C17H19NO3. The first-order chi connectivity index (χ1) is 10.0. The number of ketones is 1. The van der Waals surface area contributed by atoms with Crippen molar-refractivity contribution in [3.63, 3.8) is 0 Å². The Morgan fingerprint density at radius 3 is 2.38 bits per heavy atom. The van der Waals surface area contributed by atoms with Gasteiger partial charge in [-0.1, -0.05) is 44.2 Å². The van der Waals surface area contributed by atoms with Crippen LogP contribution in [0.5, 0.6) is 11.5 Å². The largest absolute Gasteiger partial charge is 0.504 e. The first kappa shape index (κ1) is 15.1. The van der Waals surface area contributed by atoms with Gasteiger partial charge in [0.2, 0.25) is 0 Å². The molecule has 2 rings (SSSR count). The fraction of sp³-hybridized carbons (Fsp3) is 0.235. The number of rotatable bonds is 5. The van der Waals surface area contributed by atoms with Gasteiger partial charge in [0.25, 0.3) is 0 Å². The summed E-state index contributed by atoms with van der Waals surface area (Å²) in [5, 5.41) is 22.9. The number of aromatic hydroxyl groups is 2. The van der Waals surface area contributed by atoms with Crippen molar-refractivity contribution in [2.45, 2.75) is 19.9 Å². The van der Waals surface area contributed by atoms with Gasteiger partial charge in [-0.2, -0.15) is 0 Å². The van der Waals surface area contributed by atoms with E-state index in [9.17, 15) is 15.0 Å². The molecule has 0 fully saturated rings. The van der Waals surface area contributed by atoms with Crippen LogP contribution in [0.3, 0.4) is 0 Å². The number of phenols is 2. The topological polar surface area (TPSA) is 69.6 Å². The maximum Gasteiger partial charge on any atom is 0.177 e. The van der Waals surface area contributed by atoms with Crippen LogP contribution in [0.2, 0.25) is 0 Å². The van der Waals surface area contributed by atoms with E-state index in [-0.39, 0.29) is 29.9 Å². The number of hydrogen-bond acceptors (Lipinski definition) is 4. The number of nitrogens with one attached hydrogen (secondary N) is 1. The summed E-state index contributed by atoms with van der Waals surface area (Å²) < 4.78 is 0. The molecule has 21 heavy (non-hydrogen) atoms. The van der Waals surface area contributed by atoms with Crippen LogP contribution in [0.4, 0.5) is 0 Å². The highest BCUT2D eigenvalue weighted by molar-refractivity contribution is 6.05. The molecule has 0 aliphatic heterocycles. The first-order valence-corrected chi connectivity index (χ1v) is 6.87. The van der Waals surface area contributed by atoms with Crippen LogP contribution in [-0.4, -0.2) is 28.6 Å². The zero-order valence-electron chi connectivity index (χ0n) is 12.1. The Balaban J connectivity index is 2.47. The summed E-state index contributed by atoms with van der Waals surface area (Å²) in [5.74, 6) is -0.628. The van der Waals surface area contributed by atoms with Crippen molar-refractivity contribution in [1.29, 1.82) is 0 Å². The van der Waals surface area contributed by atoms with Gasteiger partial charge in [-0.05, 0) is 17.7 Å². The standard InChI is InChI=1S/C17H19NO3/c1-11(2)18-10-15(20)13-8-9-14(19)17(21)16(13)12-6-4-3-5-7-12/h3-9,11,18-19,21H,10H2,1-2H3. The minimum absolute atomic E-state index is 0.127. The molecule has 0 atom stereocenters. The second kappa shape index (κ2) is 6.41. The molecule has 2 aromatic carbocycles. The quantitative estimate of drug-likeness (QED) is 0.583. The van der Waals surface area contributed by atoms with Gasteiger partial charge in [0.15, 0.2) is 17.3 Å². The van der Waals surface area contributed by atoms with Crippen molar-refractivity contribution in [1.82, 2.24) is 5.32 Å². The van der Waals surface area contributed by atoms with Crippen LogP contribution in [-0.2, 0) is 0 Å². The summed E-state index contributed by atoms with van der Waals surface area (Å²) in [7, 11) is 0. The summed E-state index contributed by atoms with van der Waals surface area (Å²) in [4.78, 5) is 12.4.